The molecule has 2 aliphatic rings. The maximum atomic E-state index is 11.9. The topological polar surface area (TPSA) is 97.7 Å². The fourth-order valence-electron chi connectivity index (χ4n) is 3.42. The molecule has 0 spiro atoms. The van der Waals surface area contributed by atoms with Crippen molar-refractivity contribution >= 4 is 21.9 Å². The van der Waals surface area contributed by atoms with Crippen LogP contribution in [0.4, 0.5) is 0 Å². The van der Waals surface area contributed by atoms with E-state index in [2.05, 4.69) is 4.74 Å². The molecule has 6 nitrogen and oxygen atoms in total. The van der Waals surface area contributed by atoms with Crippen molar-refractivity contribution in [1.82, 2.24) is 0 Å². The van der Waals surface area contributed by atoms with Crippen molar-refractivity contribution in [2.45, 2.75) is 40.0 Å². The van der Waals surface area contributed by atoms with Gasteiger partial charge < -0.3 is 4.74 Å². The van der Waals surface area contributed by atoms with E-state index in [4.69, 9.17) is 4.55 Å². The molecule has 0 aromatic carbocycles. The van der Waals surface area contributed by atoms with Crippen molar-refractivity contribution in [3.63, 3.8) is 0 Å². The summed E-state index contributed by atoms with van der Waals surface area (Å²) >= 11 is 0. The average molecular weight is 306 g/mol. The van der Waals surface area contributed by atoms with Gasteiger partial charge in [-0.15, -0.1) is 0 Å². The van der Waals surface area contributed by atoms with E-state index in [-0.39, 0.29) is 23.1 Å². The number of Topliss-reactive ketones (excluding diaryl/α,β-unsaturated/α-hetero) is 1. The number of ether oxygens (including phenoxy) is 1. The van der Waals surface area contributed by atoms with Gasteiger partial charge in [-0.05, 0) is 24.2 Å². The summed E-state index contributed by atoms with van der Waals surface area (Å²) < 4.78 is 35.1. The lowest BCUT2D eigenvalue weighted by Crippen LogP contribution is -2.42. The lowest BCUT2D eigenvalue weighted by Gasteiger charge is -2.35. The van der Waals surface area contributed by atoms with Gasteiger partial charge in [0.05, 0.1) is 18.3 Å². The van der Waals surface area contributed by atoms with Gasteiger partial charge in [-0.2, -0.15) is 8.42 Å². The Labute approximate surface area is 119 Å². The third-order valence-electron chi connectivity index (χ3n) is 4.86. The third kappa shape index (κ3) is 3.03. The first-order valence-electron chi connectivity index (χ1n) is 6.49. The summed E-state index contributed by atoms with van der Waals surface area (Å²) in [6.07, 6.45) is 1.97. The van der Waals surface area contributed by atoms with E-state index in [1.807, 2.05) is 13.8 Å². The van der Waals surface area contributed by atoms with Crippen LogP contribution in [-0.2, 0) is 24.4 Å². The van der Waals surface area contributed by atoms with Crippen LogP contribution < -0.4 is 0 Å². The summed E-state index contributed by atoms with van der Waals surface area (Å²) in [5.41, 5.74) is -1.12. The van der Waals surface area contributed by atoms with Gasteiger partial charge in [0, 0.05) is 13.3 Å². The minimum Gasteiger partial charge on any atom is -0.469 e. The van der Waals surface area contributed by atoms with Crippen molar-refractivity contribution < 1.29 is 27.3 Å². The zero-order valence-corrected chi connectivity index (χ0v) is 13.1. The van der Waals surface area contributed by atoms with Gasteiger partial charge in [-0.25, -0.2) is 0 Å². The summed E-state index contributed by atoms with van der Waals surface area (Å²) in [5, 5.41) is 0. The molecule has 2 bridgehead atoms. The highest BCUT2D eigenvalue weighted by molar-refractivity contribution is 7.85. The van der Waals surface area contributed by atoms with Crippen LogP contribution in [0.2, 0.25) is 0 Å². The Morgan fingerprint density at radius 3 is 2.20 bits per heavy atom. The van der Waals surface area contributed by atoms with Gasteiger partial charge >= 0.3 is 5.97 Å². The van der Waals surface area contributed by atoms with Gasteiger partial charge in [0.2, 0.25) is 0 Å². The molecule has 116 valence electrons. The second kappa shape index (κ2) is 5.44. The zero-order valence-electron chi connectivity index (χ0n) is 12.3. The number of fused-ring (bicyclic) bond motifs is 2. The van der Waals surface area contributed by atoms with Gasteiger partial charge in [-0.3, -0.25) is 14.1 Å². The molecule has 2 unspecified atom stereocenters. The second-order valence-electron chi connectivity index (χ2n) is 6.09. The van der Waals surface area contributed by atoms with Crippen LogP contribution in [0.5, 0.6) is 0 Å². The van der Waals surface area contributed by atoms with E-state index in [9.17, 15) is 18.0 Å². The first kappa shape index (κ1) is 17.1. The summed E-state index contributed by atoms with van der Waals surface area (Å²) in [5.74, 6) is -0.347. The summed E-state index contributed by atoms with van der Waals surface area (Å²) in [6, 6.07) is 0. The van der Waals surface area contributed by atoms with Crippen molar-refractivity contribution in [2.75, 3.05) is 12.9 Å². The highest BCUT2D eigenvalue weighted by Crippen LogP contribution is 2.64. The van der Waals surface area contributed by atoms with Gasteiger partial charge in [0.25, 0.3) is 10.1 Å². The van der Waals surface area contributed by atoms with Crippen molar-refractivity contribution in [2.24, 2.45) is 16.7 Å². The second-order valence-corrected chi connectivity index (χ2v) is 7.54. The van der Waals surface area contributed by atoms with E-state index >= 15 is 0 Å². The van der Waals surface area contributed by atoms with E-state index in [0.29, 0.717) is 12.8 Å². The Morgan fingerprint density at radius 2 is 1.95 bits per heavy atom. The number of rotatable bonds is 2. The van der Waals surface area contributed by atoms with Crippen molar-refractivity contribution in [3.05, 3.63) is 0 Å². The van der Waals surface area contributed by atoms with E-state index in [1.54, 1.807) is 0 Å². The molecule has 2 fully saturated rings. The van der Waals surface area contributed by atoms with Crippen LogP contribution >= 0.6 is 0 Å². The molecule has 20 heavy (non-hydrogen) atoms. The lowest BCUT2D eigenvalue weighted by molar-refractivity contribution is -0.138. The molecule has 0 radical (unpaired) electrons. The van der Waals surface area contributed by atoms with E-state index < -0.39 is 21.3 Å². The number of carbonyl (C=O) groups is 2. The highest BCUT2D eigenvalue weighted by Gasteiger charge is 2.65. The number of hydrogen-bond donors (Lipinski definition) is 1. The summed E-state index contributed by atoms with van der Waals surface area (Å²) in [7, 11) is -2.73. The molecule has 7 heteroatoms. The highest BCUT2D eigenvalue weighted by atomic mass is 32.2. The summed E-state index contributed by atoms with van der Waals surface area (Å²) in [6.45, 7) is 5.25. The molecule has 0 saturated heterocycles. The van der Waals surface area contributed by atoms with Crippen LogP contribution in [-0.4, -0.2) is 37.6 Å². The number of hydrogen-bond acceptors (Lipinski definition) is 5. The molecule has 0 aromatic rings. The largest absolute Gasteiger partial charge is 0.469 e. The Morgan fingerprint density at radius 1 is 1.45 bits per heavy atom. The van der Waals surface area contributed by atoms with Crippen LogP contribution in [0.1, 0.15) is 40.0 Å². The Hall–Kier alpha value is -0.950. The molecule has 0 aromatic heterocycles. The molecule has 0 amide bonds. The number of esters is 1. The quantitative estimate of drug-likeness (QED) is 0.612. The fourth-order valence-corrected chi connectivity index (χ4v) is 4.72. The minimum atomic E-state index is -4.08. The molecular weight excluding hydrogens is 284 g/mol. The predicted octanol–water partition coefficient (Wildman–Crippen LogP) is 1.45. The van der Waals surface area contributed by atoms with Crippen LogP contribution in [0.25, 0.3) is 0 Å². The van der Waals surface area contributed by atoms with E-state index in [1.165, 1.54) is 14.0 Å². The standard InChI is InChI=1S/C10H16O4S.C3H6O2/c1-9(2)7-3-4-10(9,8(11)5-7)6-15(12,13)14;1-3(4)5-2/h7H,3-6H2,1-2H3,(H,12,13,14);1-2H3. The molecule has 2 aliphatic carbocycles. The van der Waals surface area contributed by atoms with Gasteiger partial charge in [0.15, 0.2) is 0 Å². The first-order chi connectivity index (χ1) is 8.96. The molecular formula is C13H22O6S. The van der Waals surface area contributed by atoms with Gasteiger partial charge in [-0.1, -0.05) is 13.8 Å². The Bertz CT molecular complexity index is 507. The van der Waals surface area contributed by atoms with Gasteiger partial charge in [0.1, 0.15) is 5.78 Å². The third-order valence-corrected chi connectivity index (χ3v) is 5.71. The normalized spacial score (nSPS) is 30.6. The number of ketones is 1. The minimum absolute atomic E-state index is 0.0152. The van der Waals surface area contributed by atoms with E-state index in [0.717, 1.165) is 6.42 Å². The first-order valence-corrected chi connectivity index (χ1v) is 8.10. The molecule has 0 aliphatic heterocycles. The maximum Gasteiger partial charge on any atom is 0.302 e. The molecule has 2 rings (SSSR count). The average Bonchev–Trinajstić information content (AvgIpc) is 2.61. The lowest BCUT2D eigenvalue weighted by atomic mass is 9.70. The molecule has 2 saturated carbocycles. The van der Waals surface area contributed by atoms with Crippen LogP contribution in [0.3, 0.4) is 0 Å². The smallest absolute Gasteiger partial charge is 0.302 e. The number of methoxy groups -OCH3 is 1. The molecule has 2 atom stereocenters. The van der Waals surface area contributed by atoms with Crippen LogP contribution in [0, 0.1) is 16.7 Å². The Kier molecular flexibility index (Phi) is 4.65. The predicted molar refractivity (Wildman–Crippen MR) is 72.7 cm³/mol. The maximum absolute atomic E-state index is 11.9. The van der Waals surface area contributed by atoms with Crippen molar-refractivity contribution in [1.29, 1.82) is 0 Å². The Balaban J connectivity index is 0.000000347. The monoisotopic (exact) mass is 306 g/mol. The fraction of sp³-hybridized carbons (Fsp3) is 0.846. The zero-order chi connectivity index (χ0) is 15.8. The number of carbonyl (C=O) groups excluding carboxylic acids is 2. The van der Waals surface area contributed by atoms with Crippen LogP contribution in [0.15, 0.2) is 0 Å². The SMILES string of the molecule is CC1(C)C2CCC1(CS(=O)(=O)O)C(=O)C2.COC(C)=O. The van der Waals surface area contributed by atoms with Crippen molar-refractivity contribution in [3.8, 4) is 0 Å². The summed E-state index contributed by atoms with van der Waals surface area (Å²) in [4.78, 5) is 21.5. The molecule has 0 heterocycles. The molecule has 1 N–H and O–H groups in total.